The summed E-state index contributed by atoms with van der Waals surface area (Å²) in [4.78, 5) is 0. The molecule has 0 amide bonds. The van der Waals surface area contributed by atoms with Gasteiger partial charge in [-0.1, -0.05) is 26.0 Å². The molecule has 0 aliphatic carbocycles. The molecule has 0 fully saturated rings. The van der Waals surface area contributed by atoms with Crippen LogP contribution in [0.5, 0.6) is 0 Å². The molecule has 0 aliphatic heterocycles. The maximum absolute atomic E-state index is 12.2. The largest absolute Gasteiger partial charge is 0.416 e. The van der Waals surface area contributed by atoms with Crippen molar-refractivity contribution >= 4 is 12.4 Å². The van der Waals surface area contributed by atoms with Gasteiger partial charge < -0.3 is 5.32 Å². The molecule has 1 aromatic carbocycles. The van der Waals surface area contributed by atoms with Gasteiger partial charge in [-0.3, -0.25) is 0 Å². The molecule has 0 aliphatic rings. The van der Waals surface area contributed by atoms with Gasteiger partial charge in [0.1, 0.15) is 0 Å². The molecule has 92 valence electrons. The van der Waals surface area contributed by atoms with E-state index in [0.29, 0.717) is 12.6 Å². The smallest absolute Gasteiger partial charge is 0.310 e. The first-order valence-corrected chi connectivity index (χ1v) is 4.79. The molecule has 0 saturated heterocycles. The van der Waals surface area contributed by atoms with Crippen molar-refractivity contribution in [2.75, 3.05) is 0 Å². The van der Waals surface area contributed by atoms with Gasteiger partial charge in [-0.05, 0) is 17.7 Å². The lowest BCUT2D eigenvalue weighted by Crippen LogP contribution is -2.21. The molecule has 16 heavy (non-hydrogen) atoms. The molecule has 0 bridgehead atoms. The molecule has 0 radical (unpaired) electrons. The van der Waals surface area contributed by atoms with E-state index in [1.165, 1.54) is 12.1 Å². The SMILES string of the molecule is CC(C)NCc1ccc(C(F)(F)F)cc1.Cl. The lowest BCUT2D eigenvalue weighted by molar-refractivity contribution is -0.137. The summed E-state index contributed by atoms with van der Waals surface area (Å²) in [6, 6.07) is 5.54. The quantitative estimate of drug-likeness (QED) is 0.868. The Morgan fingerprint density at radius 1 is 1.12 bits per heavy atom. The number of rotatable bonds is 3. The highest BCUT2D eigenvalue weighted by atomic mass is 35.5. The monoisotopic (exact) mass is 253 g/mol. The maximum atomic E-state index is 12.2. The molecule has 0 spiro atoms. The van der Waals surface area contributed by atoms with Crippen LogP contribution in [0.2, 0.25) is 0 Å². The Balaban J connectivity index is 0.00000225. The third-order valence-corrected chi connectivity index (χ3v) is 2.00. The van der Waals surface area contributed by atoms with Gasteiger partial charge in [0, 0.05) is 12.6 Å². The highest BCUT2D eigenvalue weighted by Gasteiger charge is 2.29. The summed E-state index contributed by atoms with van der Waals surface area (Å²) in [5, 5.41) is 3.14. The first-order chi connectivity index (χ1) is 6.89. The Kier molecular flexibility index (Phi) is 5.83. The number of halogens is 4. The molecule has 1 aromatic rings. The van der Waals surface area contributed by atoms with Crippen LogP contribution in [0, 0.1) is 0 Å². The fraction of sp³-hybridized carbons (Fsp3) is 0.455. The average Bonchev–Trinajstić information content (AvgIpc) is 2.14. The van der Waals surface area contributed by atoms with Crippen molar-refractivity contribution in [3.63, 3.8) is 0 Å². The van der Waals surface area contributed by atoms with Crippen LogP contribution in [0.3, 0.4) is 0 Å². The third-order valence-electron chi connectivity index (χ3n) is 2.00. The Morgan fingerprint density at radius 2 is 1.62 bits per heavy atom. The minimum atomic E-state index is -4.25. The number of alkyl halides is 3. The van der Waals surface area contributed by atoms with Gasteiger partial charge in [-0.2, -0.15) is 13.2 Å². The summed E-state index contributed by atoms with van der Waals surface area (Å²) in [6.07, 6.45) is -4.25. The minimum absolute atomic E-state index is 0. The number of benzene rings is 1. The van der Waals surface area contributed by atoms with Gasteiger partial charge >= 0.3 is 6.18 Å². The normalized spacial score (nSPS) is 11.4. The standard InChI is InChI=1S/C11H14F3N.ClH/c1-8(2)15-7-9-3-5-10(6-4-9)11(12,13)14;/h3-6,8,15H,7H2,1-2H3;1H. The average molecular weight is 254 g/mol. The van der Waals surface area contributed by atoms with Crippen LogP contribution in [0.1, 0.15) is 25.0 Å². The van der Waals surface area contributed by atoms with E-state index < -0.39 is 11.7 Å². The second-order valence-corrected chi connectivity index (χ2v) is 3.73. The van der Waals surface area contributed by atoms with Crippen molar-refractivity contribution in [1.29, 1.82) is 0 Å². The van der Waals surface area contributed by atoms with Crippen molar-refractivity contribution in [1.82, 2.24) is 5.32 Å². The minimum Gasteiger partial charge on any atom is -0.310 e. The Morgan fingerprint density at radius 3 is 2.00 bits per heavy atom. The first-order valence-electron chi connectivity index (χ1n) is 4.79. The van der Waals surface area contributed by atoms with Crippen LogP contribution >= 0.6 is 12.4 Å². The van der Waals surface area contributed by atoms with Crippen molar-refractivity contribution in [3.8, 4) is 0 Å². The van der Waals surface area contributed by atoms with E-state index in [-0.39, 0.29) is 12.4 Å². The summed E-state index contributed by atoms with van der Waals surface area (Å²) in [6.45, 7) is 4.57. The van der Waals surface area contributed by atoms with Gasteiger partial charge in [0.15, 0.2) is 0 Å². The summed E-state index contributed by atoms with van der Waals surface area (Å²) < 4.78 is 36.7. The zero-order valence-electron chi connectivity index (χ0n) is 9.14. The van der Waals surface area contributed by atoms with Crippen LogP contribution in [0.25, 0.3) is 0 Å². The van der Waals surface area contributed by atoms with Gasteiger partial charge in [-0.25, -0.2) is 0 Å². The van der Waals surface area contributed by atoms with Crippen LogP contribution in [0.4, 0.5) is 13.2 Å². The summed E-state index contributed by atoms with van der Waals surface area (Å²) in [5.41, 5.74) is 0.257. The Bertz CT molecular complexity index is 306. The molecule has 0 atom stereocenters. The van der Waals surface area contributed by atoms with Crippen LogP contribution < -0.4 is 5.32 Å². The molecule has 5 heteroatoms. The lowest BCUT2D eigenvalue weighted by atomic mass is 10.1. The zero-order valence-corrected chi connectivity index (χ0v) is 9.95. The van der Waals surface area contributed by atoms with E-state index in [0.717, 1.165) is 17.7 Å². The second kappa shape index (κ2) is 6.11. The number of hydrogen-bond acceptors (Lipinski definition) is 1. The topological polar surface area (TPSA) is 12.0 Å². The van der Waals surface area contributed by atoms with Crippen molar-refractivity contribution in [3.05, 3.63) is 35.4 Å². The maximum Gasteiger partial charge on any atom is 0.416 e. The first kappa shape index (κ1) is 15.3. The molecule has 0 unspecified atom stereocenters. The van der Waals surface area contributed by atoms with Gasteiger partial charge in [0.2, 0.25) is 0 Å². The zero-order chi connectivity index (χ0) is 11.5. The highest BCUT2D eigenvalue weighted by Crippen LogP contribution is 2.28. The van der Waals surface area contributed by atoms with Crippen molar-refractivity contribution < 1.29 is 13.2 Å². The van der Waals surface area contributed by atoms with E-state index >= 15 is 0 Å². The van der Waals surface area contributed by atoms with Crippen LogP contribution in [-0.2, 0) is 12.7 Å². The van der Waals surface area contributed by atoms with Crippen LogP contribution in [0.15, 0.2) is 24.3 Å². The molecule has 1 rings (SSSR count). The predicted octanol–water partition coefficient (Wildman–Crippen LogP) is 3.63. The van der Waals surface area contributed by atoms with Crippen molar-refractivity contribution in [2.24, 2.45) is 0 Å². The molecular formula is C11H15ClF3N. The van der Waals surface area contributed by atoms with E-state index in [9.17, 15) is 13.2 Å². The molecule has 0 heterocycles. The van der Waals surface area contributed by atoms with Gasteiger partial charge in [0.05, 0.1) is 5.56 Å². The van der Waals surface area contributed by atoms with Crippen LogP contribution in [-0.4, -0.2) is 6.04 Å². The summed E-state index contributed by atoms with van der Waals surface area (Å²) in [5.74, 6) is 0. The van der Waals surface area contributed by atoms with E-state index in [2.05, 4.69) is 5.32 Å². The second-order valence-electron chi connectivity index (χ2n) is 3.73. The Hall–Kier alpha value is -0.740. The summed E-state index contributed by atoms with van der Waals surface area (Å²) >= 11 is 0. The number of hydrogen-bond donors (Lipinski definition) is 1. The van der Waals surface area contributed by atoms with E-state index in [1.807, 2.05) is 13.8 Å². The fourth-order valence-corrected chi connectivity index (χ4v) is 1.13. The highest BCUT2D eigenvalue weighted by molar-refractivity contribution is 5.85. The predicted molar refractivity (Wildman–Crippen MR) is 60.7 cm³/mol. The molecular weight excluding hydrogens is 239 g/mol. The Labute approximate surface area is 99.5 Å². The molecule has 1 N–H and O–H groups in total. The lowest BCUT2D eigenvalue weighted by Gasteiger charge is -2.10. The summed E-state index contributed by atoms with van der Waals surface area (Å²) in [7, 11) is 0. The third kappa shape index (κ3) is 4.86. The molecule has 0 saturated carbocycles. The fourth-order valence-electron chi connectivity index (χ4n) is 1.13. The van der Waals surface area contributed by atoms with Gasteiger partial charge in [0.25, 0.3) is 0 Å². The van der Waals surface area contributed by atoms with E-state index in [4.69, 9.17) is 0 Å². The molecule has 1 nitrogen and oxygen atoms in total. The van der Waals surface area contributed by atoms with E-state index in [1.54, 1.807) is 0 Å². The molecule has 0 aromatic heterocycles. The van der Waals surface area contributed by atoms with Gasteiger partial charge in [-0.15, -0.1) is 12.4 Å². The number of nitrogens with one attached hydrogen (secondary N) is 1. The van der Waals surface area contributed by atoms with Crippen molar-refractivity contribution in [2.45, 2.75) is 32.6 Å².